The molecule has 30 heavy (non-hydrogen) atoms. The van der Waals surface area contributed by atoms with Crippen molar-refractivity contribution in [2.75, 3.05) is 13.4 Å². The summed E-state index contributed by atoms with van der Waals surface area (Å²) in [5, 5.41) is 0. The van der Waals surface area contributed by atoms with E-state index >= 15 is 0 Å². The highest BCUT2D eigenvalue weighted by Crippen LogP contribution is 2.69. The first-order chi connectivity index (χ1) is 14.5. The Morgan fingerprint density at radius 3 is 2.43 bits per heavy atom. The molecule has 0 aromatic heterocycles. The Balaban J connectivity index is 1.13. The molecule has 0 aromatic carbocycles. The van der Waals surface area contributed by atoms with Crippen molar-refractivity contribution in [2.45, 2.75) is 70.8 Å². The van der Waals surface area contributed by atoms with Crippen LogP contribution in [0, 0.1) is 47.3 Å². The molecule has 5 rings (SSSR count). The molecule has 0 spiro atoms. The van der Waals surface area contributed by atoms with Crippen LogP contribution in [-0.2, 0) is 23.8 Å². The molecule has 5 nitrogen and oxygen atoms in total. The number of rotatable bonds is 7. The first-order valence-electron chi connectivity index (χ1n) is 12.1. The number of carbonyl (C=O) groups is 2. The van der Waals surface area contributed by atoms with E-state index in [9.17, 15) is 9.59 Å². The molecule has 0 N–H and O–H groups in total. The van der Waals surface area contributed by atoms with Crippen LogP contribution in [0.1, 0.15) is 64.7 Å². The number of hydrogen-bond donors (Lipinski definition) is 0. The molecule has 8 unspecified atom stereocenters. The smallest absolute Gasteiger partial charge is 0.333 e. The van der Waals surface area contributed by atoms with E-state index < -0.39 is 0 Å². The molecule has 0 aliphatic heterocycles. The molecule has 5 aliphatic rings. The highest BCUT2D eigenvalue weighted by atomic mass is 16.7. The van der Waals surface area contributed by atoms with Gasteiger partial charge in [0.1, 0.15) is 6.10 Å². The van der Waals surface area contributed by atoms with Crippen molar-refractivity contribution >= 4 is 11.9 Å². The van der Waals surface area contributed by atoms with Crippen LogP contribution < -0.4 is 0 Å². The molecule has 0 heterocycles. The molecular weight excluding hydrogens is 380 g/mol. The Hall–Kier alpha value is -1.36. The van der Waals surface area contributed by atoms with Crippen molar-refractivity contribution in [3.8, 4) is 0 Å². The zero-order valence-corrected chi connectivity index (χ0v) is 18.2. The van der Waals surface area contributed by atoms with Crippen molar-refractivity contribution in [1.82, 2.24) is 0 Å². The highest BCUT2D eigenvalue weighted by molar-refractivity contribution is 5.87. The van der Waals surface area contributed by atoms with Crippen molar-refractivity contribution in [1.29, 1.82) is 0 Å². The average molecular weight is 417 g/mol. The number of hydrogen-bond acceptors (Lipinski definition) is 5. The molecule has 0 saturated heterocycles. The summed E-state index contributed by atoms with van der Waals surface area (Å²) in [6, 6.07) is 0. The van der Waals surface area contributed by atoms with Gasteiger partial charge in [-0.25, -0.2) is 4.79 Å². The molecule has 4 bridgehead atoms. The van der Waals surface area contributed by atoms with E-state index in [4.69, 9.17) is 14.2 Å². The van der Waals surface area contributed by atoms with Crippen LogP contribution in [0.15, 0.2) is 12.2 Å². The van der Waals surface area contributed by atoms with Gasteiger partial charge >= 0.3 is 11.9 Å². The Morgan fingerprint density at radius 2 is 1.67 bits per heavy atom. The first-order valence-corrected chi connectivity index (χ1v) is 12.1. The van der Waals surface area contributed by atoms with Crippen LogP contribution in [0.4, 0.5) is 0 Å². The van der Waals surface area contributed by atoms with Gasteiger partial charge in [-0.1, -0.05) is 25.8 Å². The van der Waals surface area contributed by atoms with Crippen molar-refractivity contribution in [3.63, 3.8) is 0 Å². The molecular formula is C25H36O5. The summed E-state index contributed by atoms with van der Waals surface area (Å²) >= 11 is 0. The zero-order chi connectivity index (χ0) is 20.8. The SMILES string of the molecule is C=C(C)C(=O)OC1CC2CC1C1C3CC(CC3C(=O)OCOCC3CCCCC3)C21. The van der Waals surface area contributed by atoms with Crippen LogP contribution in [0.3, 0.4) is 0 Å². The molecule has 0 amide bonds. The van der Waals surface area contributed by atoms with Gasteiger partial charge in [-0.2, -0.15) is 0 Å². The zero-order valence-electron chi connectivity index (χ0n) is 18.2. The minimum Gasteiger partial charge on any atom is -0.459 e. The van der Waals surface area contributed by atoms with Gasteiger partial charge in [-0.05, 0) is 86.9 Å². The van der Waals surface area contributed by atoms with Gasteiger partial charge in [0.05, 0.1) is 12.5 Å². The van der Waals surface area contributed by atoms with Gasteiger partial charge in [0.25, 0.3) is 0 Å². The molecule has 5 fully saturated rings. The third-order valence-electron chi connectivity index (χ3n) is 9.03. The third-order valence-corrected chi connectivity index (χ3v) is 9.03. The maximum Gasteiger partial charge on any atom is 0.333 e. The standard InChI is InChI=1S/C25H36O5/c1-14(2)24(26)30-21-11-17-10-20(21)23-18-8-16(22(17)23)9-19(18)25(27)29-13-28-12-15-6-4-3-5-7-15/h15-23H,1,3-13H2,2H3. The summed E-state index contributed by atoms with van der Waals surface area (Å²) in [6.45, 7) is 6.24. The van der Waals surface area contributed by atoms with E-state index in [1.807, 2.05) is 0 Å². The summed E-state index contributed by atoms with van der Waals surface area (Å²) in [7, 11) is 0. The summed E-state index contributed by atoms with van der Waals surface area (Å²) < 4.78 is 17.0. The Kier molecular flexibility index (Phi) is 5.68. The number of ether oxygens (including phenoxy) is 3. The summed E-state index contributed by atoms with van der Waals surface area (Å²) in [5.41, 5.74) is 0.469. The van der Waals surface area contributed by atoms with E-state index in [0.29, 0.717) is 47.7 Å². The molecule has 8 atom stereocenters. The summed E-state index contributed by atoms with van der Waals surface area (Å²) in [5.74, 6) is 3.67. The summed E-state index contributed by atoms with van der Waals surface area (Å²) in [6.07, 6.45) is 10.7. The Morgan fingerprint density at radius 1 is 0.933 bits per heavy atom. The minimum atomic E-state index is -0.265. The van der Waals surface area contributed by atoms with Gasteiger partial charge in [0.2, 0.25) is 0 Å². The van der Waals surface area contributed by atoms with Crippen LogP contribution in [0.5, 0.6) is 0 Å². The van der Waals surface area contributed by atoms with Crippen molar-refractivity contribution < 1.29 is 23.8 Å². The lowest BCUT2D eigenvalue weighted by atomic mass is 9.67. The van der Waals surface area contributed by atoms with E-state index in [-0.39, 0.29) is 30.8 Å². The van der Waals surface area contributed by atoms with E-state index in [1.54, 1.807) is 6.92 Å². The fraction of sp³-hybridized carbons (Fsp3) is 0.840. The van der Waals surface area contributed by atoms with E-state index in [1.165, 1.54) is 32.1 Å². The fourth-order valence-corrected chi connectivity index (χ4v) is 7.96. The molecule has 5 saturated carbocycles. The summed E-state index contributed by atoms with van der Waals surface area (Å²) in [4.78, 5) is 24.9. The monoisotopic (exact) mass is 416 g/mol. The normalized spacial score (nSPS) is 41.6. The quantitative estimate of drug-likeness (QED) is 0.201. The molecule has 0 radical (unpaired) electrons. The molecule has 0 aromatic rings. The predicted octanol–water partition coefficient (Wildman–Crippen LogP) is 4.50. The Labute approximate surface area is 179 Å². The van der Waals surface area contributed by atoms with Crippen molar-refractivity contribution in [2.24, 2.45) is 47.3 Å². The van der Waals surface area contributed by atoms with Crippen LogP contribution in [-0.4, -0.2) is 31.4 Å². The van der Waals surface area contributed by atoms with Crippen LogP contribution >= 0.6 is 0 Å². The Bertz CT molecular complexity index is 696. The van der Waals surface area contributed by atoms with Crippen LogP contribution in [0.25, 0.3) is 0 Å². The molecule has 166 valence electrons. The number of carbonyl (C=O) groups excluding carboxylic acids is 2. The van der Waals surface area contributed by atoms with Gasteiger partial charge in [-0.3, -0.25) is 4.79 Å². The lowest BCUT2D eigenvalue weighted by molar-refractivity contribution is -0.167. The largest absolute Gasteiger partial charge is 0.459 e. The van der Waals surface area contributed by atoms with Gasteiger partial charge in [0.15, 0.2) is 6.79 Å². The van der Waals surface area contributed by atoms with E-state index in [2.05, 4.69) is 6.58 Å². The number of fused-ring (bicyclic) bond motifs is 9. The maximum atomic E-state index is 12.8. The highest BCUT2D eigenvalue weighted by Gasteiger charge is 2.66. The van der Waals surface area contributed by atoms with Gasteiger partial charge < -0.3 is 14.2 Å². The van der Waals surface area contributed by atoms with Gasteiger partial charge in [0, 0.05) is 5.57 Å². The minimum absolute atomic E-state index is 0.00590. The molecule has 5 heteroatoms. The third kappa shape index (κ3) is 3.61. The first kappa shape index (κ1) is 20.5. The van der Waals surface area contributed by atoms with Crippen LogP contribution in [0.2, 0.25) is 0 Å². The second kappa shape index (κ2) is 8.29. The second-order valence-electron chi connectivity index (χ2n) is 10.7. The second-order valence-corrected chi connectivity index (χ2v) is 10.7. The van der Waals surface area contributed by atoms with E-state index in [0.717, 1.165) is 31.6 Å². The lowest BCUT2D eigenvalue weighted by Gasteiger charge is -2.40. The predicted molar refractivity (Wildman–Crippen MR) is 111 cm³/mol. The lowest BCUT2D eigenvalue weighted by Crippen LogP contribution is -2.41. The maximum absolute atomic E-state index is 12.8. The number of esters is 2. The fourth-order valence-electron chi connectivity index (χ4n) is 7.96. The van der Waals surface area contributed by atoms with Gasteiger partial charge in [-0.15, -0.1) is 0 Å². The van der Waals surface area contributed by atoms with Crippen molar-refractivity contribution in [3.05, 3.63) is 12.2 Å². The molecule has 5 aliphatic carbocycles. The average Bonchev–Trinajstić information content (AvgIpc) is 3.50. The topological polar surface area (TPSA) is 61.8 Å².